The van der Waals surface area contributed by atoms with E-state index in [4.69, 9.17) is 0 Å². The molecule has 4 rings (SSSR count). The summed E-state index contributed by atoms with van der Waals surface area (Å²) >= 11 is 7.07. The van der Waals surface area contributed by atoms with Gasteiger partial charge in [0.05, 0.1) is 11.4 Å². The molecular weight excluding hydrogens is 392 g/mol. The SMILES string of the molecule is Cn1c(-c2cc3cc(Br)ccc3[nH]2)cc2ccc(Br)cc21. The Hall–Kier alpha value is -1.52. The van der Waals surface area contributed by atoms with Crippen LogP contribution in [0.5, 0.6) is 0 Å². The van der Waals surface area contributed by atoms with Crippen LogP contribution in [0, 0.1) is 0 Å². The highest BCUT2D eigenvalue weighted by atomic mass is 79.9. The maximum atomic E-state index is 3.54. The van der Waals surface area contributed by atoms with Gasteiger partial charge in [0.2, 0.25) is 0 Å². The zero-order chi connectivity index (χ0) is 14.6. The number of aryl methyl sites for hydroxylation is 1. The molecule has 0 saturated carbocycles. The summed E-state index contributed by atoms with van der Waals surface area (Å²) in [6, 6.07) is 17.1. The van der Waals surface area contributed by atoms with Crippen LogP contribution in [-0.4, -0.2) is 9.55 Å². The lowest BCUT2D eigenvalue weighted by molar-refractivity contribution is 0.973. The van der Waals surface area contributed by atoms with E-state index in [0.29, 0.717) is 0 Å². The van der Waals surface area contributed by atoms with E-state index in [1.165, 1.54) is 22.0 Å². The summed E-state index contributed by atoms with van der Waals surface area (Å²) in [4.78, 5) is 3.50. The molecule has 1 N–H and O–H groups in total. The Kier molecular flexibility index (Phi) is 2.98. The minimum absolute atomic E-state index is 1.10. The molecule has 4 aromatic rings. The number of hydrogen-bond acceptors (Lipinski definition) is 0. The molecule has 104 valence electrons. The van der Waals surface area contributed by atoms with Gasteiger partial charge in [0.1, 0.15) is 0 Å². The van der Waals surface area contributed by atoms with Crippen LogP contribution in [0.4, 0.5) is 0 Å². The highest BCUT2D eigenvalue weighted by Gasteiger charge is 2.10. The summed E-state index contributed by atoms with van der Waals surface area (Å²) < 4.78 is 4.42. The Labute approximate surface area is 139 Å². The number of hydrogen-bond donors (Lipinski definition) is 1. The van der Waals surface area contributed by atoms with Crippen molar-refractivity contribution in [3.8, 4) is 11.4 Å². The van der Waals surface area contributed by atoms with Crippen LogP contribution in [0.1, 0.15) is 0 Å². The van der Waals surface area contributed by atoms with Gasteiger partial charge in [-0.25, -0.2) is 0 Å². The van der Waals surface area contributed by atoms with Crippen LogP contribution < -0.4 is 0 Å². The van der Waals surface area contributed by atoms with Gasteiger partial charge in [-0.05, 0) is 42.5 Å². The first-order chi connectivity index (χ1) is 10.1. The molecule has 0 bridgehead atoms. The van der Waals surface area contributed by atoms with E-state index in [1.807, 2.05) is 0 Å². The first-order valence-electron chi connectivity index (χ1n) is 6.65. The Balaban J connectivity index is 1.97. The number of fused-ring (bicyclic) bond motifs is 2. The minimum atomic E-state index is 1.10. The van der Waals surface area contributed by atoms with Crippen LogP contribution in [-0.2, 0) is 7.05 Å². The third kappa shape index (κ3) is 2.14. The third-order valence-corrected chi connectivity index (χ3v) is 4.85. The van der Waals surface area contributed by atoms with Gasteiger partial charge in [-0.2, -0.15) is 0 Å². The predicted molar refractivity (Wildman–Crippen MR) is 95.6 cm³/mol. The normalized spacial score (nSPS) is 11.6. The molecule has 2 aromatic heterocycles. The number of nitrogens with zero attached hydrogens (tertiary/aromatic N) is 1. The Morgan fingerprint density at radius 1 is 0.857 bits per heavy atom. The van der Waals surface area contributed by atoms with E-state index in [1.54, 1.807) is 0 Å². The zero-order valence-corrected chi connectivity index (χ0v) is 14.5. The van der Waals surface area contributed by atoms with Gasteiger partial charge in [-0.3, -0.25) is 0 Å². The van der Waals surface area contributed by atoms with E-state index in [0.717, 1.165) is 20.2 Å². The molecule has 0 aliphatic rings. The van der Waals surface area contributed by atoms with E-state index in [9.17, 15) is 0 Å². The summed E-state index contributed by atoms with van der Waals surface area (Å²) in [6.45, 7) is 0. The second kappa shape index (κ2) is 4.75. The Morgan fingerprint density at radius 2 is 1.62 bits per heavy atom. The van der Waals surface area contributed by atoms with Gasteiger partial charge in [-0.1, -0.05) is 37.9 Å². The molecule has 0 atom stereocenters. The second-order valence-electron chi connectivity index (χ2n) is 5.21. The molecule has 2 nitrogen and oxygen atoms in total. The number of nitrogens with one attached hydrogen (secondary N) is 1. The highest BCUT2D eigenvalue weighted by Crippen LogP contribution is 2.31. The first kappa shape index (κ1) is 13.2. The molecule has 0 radical (unpaired) electrons. The summed E-state index contributed by atoms with van der Waals surface area (Å²) in [7, 11) is 2.10. The van der Waals surface area contributed by atoms with Crippen LogP contribution in [0.3, 0.4) is 0 Å². The smallest absolute Gasteiger partial charge is 0.0654 e. The van der Waals surface area contributed by atoms with Gasteiger partial charge in [0.25, 0.3) is 0 Å². The second-order valence-corrected chi connectivity index (χ2v) is 7.04. The van der Waals surface area contributed by atoms with Crippen molar-refractivity contribution in [2.45, 2.75) is 0 Å². The van der Waals surface area contributed by atoms with E-state index in [2.05, 4.69) is 97.0 Å². The topological polar surface area (TPSA) is 20.7 Å². The molecule has 2 heterocycles. The zero-order valence-electron chi connectivity index (χ0n) is 11.3. The lowest BCUT2D eigenvalue weighted by atomic mass is 10.2. The lowest BCUT2D eigenvalue weighted by Crippen LogP contribution is -1.90. The van der Waals surface area contributed by atoms with Crippen molar-refractivity contribution in [1.82, 2.24) is 9.55 Å². The van der Waals surface area contributed by atoms with Crippen molar-refractivity contribution in [3.05, 3.63) is 57.5 Å². The summed E-state index contributed by atoms with van der Waals surface area (Å²) in [5.41, 5.74) is 4.70. The number of H-pyrrole nitrogens is 1. The van der Waals surface area contributed by atoms with Gasteiger partial charge < -0.3 is 9.55 Å². The molecule has 0 aliphatic carbocycles. The standard InChI is InChI=1S/C17H12Br2N2/c1-21-16-9-13(19)3-2-10(16)8-17(21)15-7-11-6-12(18)4-5-14(11)20-15/h2-9,20H,1H3. The van der Waals surface area contributed by atoms with Crippen LogP contribution in [0.25, 0.3) is 33.2 Å². The Bertz CT molecular complexity index is 979. The van der Waals surface area contributed by atoms with Crippen molar-refractivity contribution in [1.29, 1.82) is 0 Å². The molecule has 0 spiro atoms. The molecule has 0 aliphatic heterocycles. The summed E-state index contributed by atoms with van der Waals surface area (Å²) in [5, 5.41) is 2.46. The van der Waals surface area contributed by atoms with Gasteiger partial charge in [0.15, 0.2) is 0 Å². The van der Waals surface area contributed by atoms with Gasteiger partial charge in [0, 0.05) is 37.8 Å². The summed E-state index contributed by atoms with van der Waals surface area (Å²) in [6.07, 6.45) is 0. The molecule has 0 saturated heterocycles. The van der Waals surface area contributed by atoms with Crippen LogP contribution in [0.15, 0.2) is 57.5 Å². The molecule has 0 fully saturated rings. The minimum Gasteiger partial charge on any atom is -0.353 e. The number of aromatic nitrogens is 2. The van der Waals surface area contributed by atoms with Gasteiger partial charge in [-0.15, -0.1) is 0 Å². The number of benzene rings is 2. The van der Waals surface area contributed by atoms with E-state index < -0.39 is 0 Å². The third-order valence-electron chi connectivity index (χ3n) is 3.87. The van der Waals surface area contributed by atoms with Crippen molar-refractivity contribution < 1.29 is 0 Å². The van der Waals surface area contributed by atoms with E-state index in [-0.39, 0.29) is 0 Å². The molecule has 2 aromatic carbocycles. The fourth-order valence-corrected chi connectivity index (χ4v) is 3.53. The average Bonchev–Trinajstić information content (AvgIpc) is 3.00. The quantitative estimate of drug-likeness (QED) is 0.411. The van der Waals surface area contributed by atoms with Crippen LogP contribution in [0.2, 0.25) is 0 Å². The molecular formula is C17H12Br2N2. The molecule has 0 unspecified atom stereocenters. The van der Waals surface area contributed by atoms with Crippen molar-refractivity contribution >= 4 is 53.7 Å². The maximum absolute atomic E-state index is 3.54. The van der Waals surface area contributed by atoms with Gasteiger partial charge >= 0.3 is 0 Å². The van der Waals surface area contributed by atoms with Crippen LogP contribution >= 0.6 is 31.9 Å². The Morgan fingerprint density at radius 3 is 2.48 bits per heavy atom. The average molecular weight is 404 g/mol. The van der Waals surface area contributed by atoms with Crippen molar-refractivity contribution in [2.24, 2.45) is 7.05 Å². The van der Waals surface area contributed by atoms with E-state index >= 15 is 0 Å². The highest BCUT2D eigenvalue weighted by molar-refractivity contribution is 9.10. The monoisotopic (exact) mass is 402 g/mol. The molecule has 4 heteroatoms. The van der Waals surface area contributed by atoms with Crippen molar-refractivity contribution in [2.75, 3.05) is 0 Å². The maximum Gasteiger partial charge on any atom is 0.0654 e. The first-order valence-corrected chi connectivity index (χ1v) is 8.24. The lowest BCUT2D eigenvalue weighted by Gasteiger charge is -2.02. The fraction of sp³-hybridized carbons (Fsp3) is 0.0588. The van der Waals surface area contributed by atoms with Crippen molar-refractivity contribution in [3.63, 3.8) is 0 Å². The fourth-order valence-electron chi connectivity index (χ4n) is 2.80. The number of rotatable bonds is 1. The molecule has 0 amide bonds. The predicted octanol–water partition coefficient (Wildman–Crippen LogP) is 5.85. The summed E-state index contributed by atoms with van der Waals surface area (Å²) in [5.74, 6) is 0. The largest absolute Gasteiger partial charge is 0.353 e. The molecule has 21 heavy (non-hydrogen) atoms. The number of halogens is 2. The number of aromatic amines is 1.